The lowest BCUT2D eigenvalue weighted by molar-refractivity contribution is 0.272. The first-order valence-corrected chi connectivity index (χ1v) is 6.59. The number of aromatic nitrogens is 1. The highest BCUT2D eigenvalue weighted by atomic mass is 16.5. The van der Waals surface area contributed by atoms with Crippen LogP contribution >= 0.6 is 0 Å². The predicted octanol–water partition coefficient (Wildman–Crippen LogP) is 0.557. The summed E-state index contributed by atoms with van der Waals surface area (Å²) in [6.07, 6.45) is 1.59. The smallest absolute Gasteiger partial charge is 0.296 e. The van der Waals surface area contributed by atoms with E-state index in [9.17, 15) is 20.1 Å². The number of phenolic OH excluding ortho intramolecular Hbond substituents is 1. The number of aromatic hydroxyl groups is 3. The van der Waals surface area contributed by atoms with Crippen LogP contribution in [0.5, 0.6) is 23.0 Å². The molecule has 0 aliphatic carbocycles. The molecule has 7 heteroatoms. The van der Waals surface area contributed by atoms with E-state index in [1.54, 1.807) is 12.1 Å². The zero-order valence-corrected chi connectivity index (χ0v) is 12.0. The molecule has 0 saturated carbocycles. The zero-order chi connectivity index (χ0) is 16.3. The largest absolute Gasteiger partial charge is 0.504 e. The van der Waals surface area contributed by atoms with Crippen molar-refractivity contribution in [3.63, 3.8) is 0 Å². The third-order valence-corrected chi connectivity index (χ3v) is 3.28. The van der Waals surface area contributed by atoms with E-state index in [-0.39, 0.29) is 31.1 Å². The van der Waals surface area contributed by atoms with Crippen molar-refractivity contribution < 1.29 is 25.2 Å². The number of methoxy groups -OCH3 is 1. The van der Waals surface area contributed by atoms with Crippen LogP contribution in [0.1, 0.15) is 11.1 Å². The van der Waals surface area contributed by atoms with Gasteiger partial charge in [0.25, 0.3) is 5.56 Å². The van der Waals surface area contributed by atoms with E-state index in [4.69, 9.17) is 9.84 Å². The molecule has 1 aromatic carbocycles. The zero-order valence-electron chi connectivity index (χ0n) is 12.0. The van der Waals surface area contributed by atoms with Crippen molar-refractivity contribution in [2.45, 2.75) is 13.0 Å². The number of aliphatic hydroxyl groups is 1. The van der Waals surface area contributed by atoms with E-state index in [2.05, 4.69) is 0 Å². The van der Waals surface area contributed by atoms with Gasteiger partial charge in [0.1, 0.15) is 0 Å². The fourth-order valence-electron chi connectivity index (χ4n) is 2.15. The molecule has 2 rings (SSSR count). The number of aliphatic hydroxyl groups excluding tert-OH is 1. The molecule has 1 aromatic heterocycles. The molecule has 0 fully saturated rings. The minimum absolute atomic E-state index is 0.0106. The molecule has 7 nitrogen and oxygen atoms in total. The molecule has 0 spiro atoms. The van der Waals surface area contributed by atoms with Crippen molar-refractivity contribution in [1.82, 2.24) is 4.57 Å². The van der Waals surface area contributed by atoms with Crippen molar-refractivity contribution in [3.05, 3.63) is 45.9 Å². The molecular weight excluding hydrogens is 290 g/mol. The fourth-order valence-corrected chi connectivity index (χ4v) is 2.15. The van der Waals surface area contributed by atoms with Crippen LogP contribution < -0.4 is 10.3 Å². The van der Waals surface area contributed by atoms with E-state index in [0.717, 1.165) is 4.57 Å². The summed E-state index contributed by atoms with van der Waals surface area (Å²) >= 11 is 0. The van der Waals surface area contributed by atoms with E-state index in [1.807, 2.05) is 0 Å². The fraction of sp³-hybridized carbons (Fsp3) is 0.267. The van der Waals surface area contributed by atoms with Gasteiger partial charge >= 0.3 is 0 Å². The van der Waals surface area contributed by atoms with Gasteiger partial charge in [0.05, 0.1) is 13.7 Å². The van der Waals surface area contributed by atoms with Gasteiger partial charge in [0, 0.05) is 24.7 Å². The molecule has 0 aliphatic rings. The normalized spacial score (nSPS) is 10.6. The maximum atomic E-state index is 11.7. The standard InChI is InChI=1S/C15H17NO6/c1-22-12-7-9(2-3-11(12)18)6-10-8-16(4-5-17)15(21)14(20)13(10)19/h2-3,7-8,17-20H,4-6H2,1H3. The average molecular weight is 307 g/mol. The molecule has 0 aliphatic heterocycles. The van der Waals surface area contributed by atoms with Gasteiger partial charge in [-0.1, -0.05) is 6.07 Å². The third-order valence-electron chi connectivity index (χ3n) is 3.28. The van der Waals surface area contributed by atoms with E-state index < -0.39 is 17.1 Å². The molecule has 0 bridgehead atoms. The lowest BCUT2D eigenvalue weighted by Gasteiger charge is -2.12. The predicted molar refractivity (Wildman–Crippen MR) is 78.6 cm³/mol. The Morgan fingerprint density at radius 2 is 1.91 bits per heavy atom. The Labute approximate surface area is 126 Å². The SMILES string of the molecule is COc1cc(Cc2cn(CCO)c(=O)c(O)c2O)ccc1O. The Morgan fingerprint density at radius 1 is 1.18 bits per heavy atom. The Hall–Kier alpha value is -2.67. The summed E-state index contributed by atoms with van der Waals surface area (Å²) < 4.78 is 6.14. The molecule has 4 N–H and O–H groups in total. The molecule has 22 heavy (non-hydrogen) atoms. The van der Waals surface area contributed by atoms with Crippen molar-refractivity contribution in [3.8, 4) is 23.0 Å². The number of pyridine rings is 1. The number of phenols is 1. The number of hydrogen-bond acceptors (Lipinski definition) is 6. The molecule has 118 valence electrons. The Bertz CT molecular complexity index is 738. The van der Waals surface area contributed by atoms with Crippen LogP contribution in [0.15, 0.2) is 29.2 Å². The molecule has 0 saturated heterocycles. The summed E-state index contributed by atoms with van der Waals surface area (Å²) in [5.41, 5.74) is 0.260. The number of hydrogen-bond donors (Lipinski definition) is 4. The Morgan fingerprint density at radius 3 is 2.55 bits per heavy atom. The van der Waals surface area contributed by atoms with Gasteiger partial charge in [-0.15, -0.1) is 0 Å². The maximum absolute atomic E-state index is 11.7. The second-order valence-electron chi connectivity index (χ2n) is 4.76. The third kappa shape index (κ3) is 2.99. The summed E-state index contributed by atoms with van der Waals surface area (Å²) in [4.78, 5) is 11.7. The number of ether oxygens (including phenoxy) is 1. The van der Waals surface area contributed by atoms with Crippen LogP contribution in [-0.2, 0) is 13.0 Å². The minimum atomic E-state index is -0.765. The van der Waals surface area contributed by atoms with Crippen LogP contribution in [0.3, 0.4) is 0 Å². The molecule has 1 heterocycles. The lowest BCUT2D eigenvalue weighted by atomic mass is 10.0. The first-order valence-electron chi connectivity index (χ1n) is 6.59. The first-order chi connectivity index (χ1) is 10.5. The van der Waals surface area contributed by atoms with Crippen molar-refractivity contribution in [2.24, 2.45) is 0 Å². The van der Waals surface area contributed by atoms with Crippen LogP contribution in [0.25, 0.3) is 0 Å². The molecule has 0 radical (unpaired) electrons. The average Bonchev–Trinajstić information content (AvgIpc) is 2.51. The lowest BCUT2D eigenvalue weighted by Crippen LogP contribution is -2.21. The Balaban J connectivity index is 2.43. The van der Waals surface area contributed by atoms with Crippen LogP contribution in [0, 0.1) is 0 Å². The van der Waals surface area contributed by atoms with Crippen molar-refractivity contribution in [1.29, 1.82) is 0 Å². The highest BCUT2D eigenvalue weighted by Gasteiger charge is 2.15. The van der Waals surface area contributed by atoms with Gasteiger partial charge in [-0.2, -0.15) is 0 Å². The summed E-state index contributed by atoms with van der Waals surface area (Å²) in [6.45, 7) is -0.255. The molecule has 0 unspecified atom stereocenters. The van der Waals surface area contributed by atoms with Gasteiger partial charge in [-0.3, -0.25) is 4.79 Å². The highest BCUT2D eigenvalue weighted by molar-refractivity contribution is 5.47. The molecular formula is C15H17NO6. The van der Waals surface area contributed by atoms with Gasteiger partial charge in [-0.05, 0) is 17.7 Å². The monoisotopic (exact) mass is 307 g/mol. The van der Waals surface area contributed by atoms with Crippen LogP contribution in [-0.4, -0.2) is 38.7 Å². The van der Waals surface area contributed by atoms with E-state index in [0.29, 0.717) is 11.1 Å². The topological polar surface area (TPSA) is 112 Å². The minimum Gasteiger partial charge on any atom is -0.504 e. The van der Waals surface area contributed by atoms with E-state index >= 15 is 0 Å². The quantitative estimate of drug-likeness (QED) is 0.642. The maximum Gasteiger partial charge on any atom is 0.296 e. The van der Waals surface area contributed by atoms with Gasteiger partial charge < -0.3 is 29.7 Å². The van der Waals surface area contributed by atoms with Crippen molar-refractivity contribution >= 4 is 0 Å². The van der Waals surface area contributed by atoms with Gasteiger partial charge in [0.15, 0.2) is 17.2 Å². The second kappa shape index (κ2) is 6.40. The Kier molecular flexibility index (Phi) is 4.57. The number of benzene rings is 1. The summed E-state index contributed by atoms with van der Waals surface area (Å²) in [7, 11) is 1.42. The first kappa shape index (κ1) is 15.7. The summed E-state index contributed by atoms with van der Waals surface area (Å²) in [5, 5.41) is 38.1. The van der Waals surface area contributed by atoms with Crippen molar-refractivity contribution in [2.75, 3.05) is 13.7 Å². The van der Waals surface area contributed by atoms with Crippen LogP contribution in [0.4, 0.5) is 0 Å². The van der Waals surface area contributed by atoms with Crippen LogP contribution in [0.2, 0.25) is 0 Å². The highest BCUT2D eigenvalue weighted by Crippen LogP contribution is 2.30. The number of rotatable bonds is 5. The van der Waals surface area contributed by atoms with Gasteiger partial charge in [-0.25, -0.2) is 0 Å². The molecule has 2 aromatic rings. The van der Waals surface area contributed by atoms with E-state index in [1.165, 1.54) is 19.4 Å². The van der Waals surface area contributed by atoms with Gasteiger partial charge in [0.2, 0.25) is 5.75 Å². The molecule has 0 atom stereocenters. The number of nitrogens with zero attached hydrogens (tertiary/aromatic N) is 1. The summed E-state index contributed by atoms with van der Waals surface area (Å²) in [5.74, 6) is -0.976. The summed E-state index contributed by atoms with van der Waals surface area (Å²) in [6, 6.07) is 4.68. The second-order valence-corrected chi connectivity index (χ2v) is 4.76. The molecule has 0 amide bonds.